The summed E-state index contributed by atoms with van der Waals surface area (Å²) in [5, 5.41) is 6.62. The molecule has 0 bridgehead atoms. The van der Waals surface area contributed by atoms with E-state index in [4.69, 9.17) is 18.9 Å². The van der Waals surface area contributed by atoms with Crippen molar-refractivity contribution in [2.75, 3.05) is 13.1 Å². The van der Waals surface area contributed by atoms with Crippen LogP contribution in [0.1, 0.15) is 77.3 Å². The van der Waals surface area contributed by atoms with E-state index >= 15 is 4.79 Å². The van der Waals surface area contributed by atoms with Gasteiger partial charge in [0.25, 0.3) is 11.8 Å². The molecular weight excluding hydrogens is 899 g/mol. The van der Waals surface area contributed by atoms with Crippen molar-refractivity contribution in [1.82, 2.24) is 15.5 Å². The Kier molecular flexibility index (Phi) is 16.4. The second kappa shape index (κ2) is 24.4. The molecule has 8 aromatic rings. The maximum atomic E-state index is 15.1. The number of carbonyl (C=O) groups excluding carboxylic acids is 3. The Balaban J connectivity index is 1.03. The number of likely N-dealkylation sites (tertiary alicyclic amines) is 1. The molecule has 1 fully saturated rings. The number of nitrogens with zero attached hydrogens (tertiary/aromatic N) is 1. The van der Waals surface area contributed by atoms with Crippen molar-refractivity contribution in [3.8, 4) is 23.0 Å². The molecule has 1 aliphatic heterocycles. The molecule has 8 aromatic carbocycles. The van der Waals surface area contributed by atoms with Gasteiger partial charge in [-0.05, 0) is 95.7 Å². The molecule has 0 spiro atoms. The predicted molar refractivity (Wildman–Crippen MR) is 279 cm³/mol. The zero-order chi connectivity index (χ0) is 49.3. The van der Waals surface area contributed by atoms with E-state index in [2.05, 4.69) is 27.7 Å². The van der Waals surface area contributed by atoms with Gasteiger partial charge in [0.2, 0.25) is 5.78 Å². The fourth-order valence-electron chi connectivity index (χ4n) is 8.78. The van der Waals surface area contributed by atoms with Gasteiger partial charge >= 0.3 is 0 Å². The lowest BCUT2D eigenvalue weighted by Crippen LogP contribution is -2.54. The maximum Gasteiger partial charge on any atom is 0.251 e. The Morgan fingerprint density at radius 2 is 0.875 bits per heavy atom. The fraction of sp³-hybridized carbons (Fsp3) is 0.177. The Morgan fingerprint density at radius 3 is 1.40 bits per heavy atom. The van der Waals surface area contributed by atoms with E-state index in [1.165, 1.54) is 0 Å². The van der Waals surface area contributed by atoms with Crippen LogP contribution in [0.5, 0.6) is 23.0 Å². The SMILES string of the molecule is O=C(NC1CCCN(Cc2ccccc2)CC1NC(=O)c1ccc(OCc2ccccc2)cc1)c1cc(OCc2ccccc2)c(C(=O)c2ccccc2OCc2ccccc2)c(OCc2ccccc2)c1. The van der Waals surface area contributed by atoms with Gasteiger partial charge in [-0.25, -0.2) is 0 Å². The van der Waals surface area contributed by atoms with E-state index in [1.807, 2.05) is 146 Å². The van der Waals surface area contributed by atoms with Gasteiger partial charge in [-0.3, -0.25) is 19.3 Å². The van der Waals surface area contributed by atoms with Crippen molar-refractivity contribution in [2.24, 2.45) is 0 Å². The topological polar surface area (TPSA) is 115 Å². The molecule has 1 aliphatic rings. The van der Waals surface area contributed by atoms with Gasteiger partial charge in [0.15, 0.2) is 0 Å². The molecule has 2 N–H and O–H groups in total. The maximum absolute atomic E-state index is 15.1. The summed E-state index contributed by atoms with van der Waals surface area (Å²) in [5.41, 5.74) is 6.06. The summed E-state index contributed by atoms with van der Waals surface area (Å²) >= 11 is 0. The fourth-order valence-corrected chi connectivity index (χ4v) is 8.78. The van der Waals surface area contributed by atoms with Crippen LogP contribution in [0.2, 0.25) is 0 Å². The lowest BCUT2D eigenvalue weighted by Gasteiger charge is -2.30. The molecule has 1 heterocycles. The number of carbonyl (C=O) groups is 3. The number of hydrogen-bond acceptors (Lipinski definition) is 8. The molecule has 0 aromatic heterocycles. The Morgan fingerprint density at radius 1 is 0.444 bits per heavy atom. The van der Waals surface area contributed by atoms with Crippen molar-refractivity contribution in [1.29, 1.82) is 0 Å². The number of benzene rings is 8. The molecule has 10 nitrogen and oxygen atoms in total. The standard InChI is InChI=1S/C62H57N3O7/c66-60(53-29-16-17-31-56(53)70-42-47-23-10-3-11-24-47)59-57(71-43-48-25-12-4-13-26-48)37-51(38-58(59)72-44-49-27-14-5-15-28-49)62(68)63-54-30-18-36-65(39-45-19-6-1-7-20-45)40-55(54)64-61(67)50-32-34-52(35-33-50)69-41-46-21-8-2-9-22-46/h1-17,19-29,31-35,37-38,54-55H,18,30,36,39-44H2,(H,63,68)(H,64,67). The predicted octanol–water partition coefficient (Wildman–Crippen LogP) is 11.4. The molecule has 0 aliphatic carbocycles. The summed E-state index contributed by atoms with van der Waals surface area (Å²) in [6.45, 7) is 2.83. The lowest BCUT2D eigenvalue weighted by atomic mass is 9.97. The highest BCUT2D eigenvalue weighted by atomic mass is 16.5. The van der Waals surface area contributed by atoms with Gasteiger partial charge in [0.05, 0.1) is 17.6 Å². The molecule has 362 valence electrons. The Labute approximate surface area is 421 Å². The van der Waals surface area contributed by atoms with E-state index in [1.54, 1.807) is 54.6 Å². The molecule has 2 unspecified atom stereocenters. The quantitative estimate of drug-likeness (QED) is 0.0726. The van der Waals surface area contributed by atoms with Crippen molar-refractivity contribution in [2.45, 2.75) is 57.9 Å². The first-order chi connectivity index (χ1) is 35.4. The number of rotatable bonds is 20. The van der Waals surface area contributed by atoms with Crippen molar-refractivity contribution in [3.05, 3.63) is 262 Å². The first-order valence-electron chi connectivity index (χ1n) is 24.4. The number of amides is 2. The number of ether oxygens (including phenoxy) is 4. The number of para-hydroxylation sites is 1. The molecule has 0 radical (unpaired) electrons. The largest absolute Gasteiger partial charge is 0.489 e. The van der Waals surface area contributed by atoms with E-state index in [0.29, 0.717) is 48.7 Å². The molecule has 9 rings (SSSR count). The van der Waals surface area contributed by atoms with Crippen molar-refractivity contribution in [3.63, 3.8) is 0 Å². The molecule has 1 saturated heterocycles. The van der Waals surface area contributed by atoms with Crippen LogP contribution in [0.3, 0.4) is 0 Å². The Hall–Kier alpha value is -8.47. The van der Waals surface area contributed by atoms with Gasteiger partial charge in [-0.1, -0.05) is 164 Å². The van der Waals surface area contributed by atoms with Crippen LogP contribution in [0.4, 0.5) is 0 Å². The lowest BCUT2D eigenvalue weighted by molar-refractivity contribution is 0.0871. The summed E-state index contributed by atoms with van der Waals surface area (Å²) in [6.07, 6.45) is 1.37. The van der Waals surface area contributed by atoms with Crippen molar-refractivity contribution >= 4 is 17.6 Å². The highest BCUT2D eigenvalue weighted by molar-refractivity contribution is 6.14. The summed E-state index contributed by atoms with van der Waals surface area (Å²) < 4.78 is 25.4. The van der Waals surface area contributed by atoms with E-state index in [9.17, 15) is 9.59 Å². The first kappa shape index (κ1) is 48.5. The zero-order valence-corrected chi connectivity index (χ0v) is 40.0. The monoisotopic (exact) mass is 955 g/mol. The molecular formula is C62H57N3O7. The molecule has 2 atom stereocenters. The van der Waals surface area contributed by atoms with Crippen LogP contribution < -0.4 is 29.6 Å². The summed E-state index contributed by atoms with van der Waals surface area (Å²) in [6, 6.07) is 65.7. The second-order valence-electron chi connectivity index (χ2n) is 17.8. The van der Waals surface area contributed by atoms with Gasteiger partial charge < -0.3 is 29.6 Å². The van der Waals surface area contributed by atoms with Gasteiger partial charge in [-0.2, -0.15) is 0 Å². The highest BCUT2D eigenvalue weighted by Gasteiger charge is 2.32. The average Bonchev–Trinajstić information content (AvgIpc) is 3.62. The minimum Gasteiger partial charge on any atom is -0.489 e. The number of nitrogens with one attached hydrogen (secondary N) is 2. The minimum atomic E-state index is -0.475. The minimum absolute atomic E-state index is 0.116. The van der Waals surface area contributed by atoms with E-state index in [0.717, 1.165) is 40.8 Å². The summed E-state index contributed by atoms with van der Waals surface area (Å²) in [7, 11) is 0. The smallest absolute Gasteiger partial charge is 0.251 e. The third-order valence-corrected chi connectivity index (χ3v) is 12.6. The third kappa shape index (κ3) is 13.2. The number of hydrogen-bond donors (Lipinski definition) is 2. The molecule has 2 amide bonds. The third-order valence-electron chi connectivity index (χ3n) is 12.6. The van der Waals surface area contributed by atoms with E-state index < -0.39 is 23.8 Å². The van der Waals surface area contributed by atoms with Gasteiger partial charge in [-0.15, -0.1) is 0 Å². The highest BCUT2D eigenvalue weighted by Crippen LogP contribution is 2.37. The number of ketones is 1. The van der Waals surface area contributed by atoms with Gasteiger partial charge in [0, 0.05) is 24.2 Å². The molecule has 10 heteroatoms. The first-order valence-corrected chi connectivity index (χ1v) is 24.4. The molecule has 72 heavy (non-hydrogen) atoms. The second-order valence-corrected chi connectivity index (χ2v) is 17.8. The van der Waals surface area contributed by atoms with Gasteiger partial charge in [0.1, 0.15) is 55.0 Å². The van der Waals surface area contributed by atoms with Crippen molar-refractivity contribution < 1.29 is 33.3 Å². The zero-order valence-electron chi connectivity index (χ0n) is 40.0. The van der Waals surface area contributed by atoms with Crippen LogP contribution in [0, 0.1) is 0 Å². The summed E-state index contributed by atoms with van der Waals surface area (Å²) in [5.74, 6) is 0.331. The Bertz CT molecular complexity index is 2950. The van der Waals surface area contributed by atoms with Crippen LogP contribution in [0.25, 0.3) is 0 Å². The average molecular weight is 956 g/mol. The van der Waals surface area contributed by atoms with E-state index in [-0.39, 0.29) is 48.4 Å². The van der Waals surface area contributed by atoms with Crippen LogP contribution in [-0.2, 0) is 33.0 Å². The summed E-state index contributed by atoms with van der Waals surface area (Å²) in [4.78, 5) is 46.5. The molecule has 0 saturated carbocycles. The van der Waals surface area contributed by atoms with Crippen LogP contribution in [-0.4, -0.2) is 47.7 Å². The van der Waals surface area contributed by atoms with Crippen LogP contribution >= 0.6 is 0 Å². The van der Waals surface area contributed by atoms with Crippen LogP contribution in [0.15, 0.2) is 212 Å². The normalized spacial score (nSPS) is 14.6.